The molecule has 2 aromatic rings. The highest BCUT2D eigenvalue weighted by Gasteiger charge is 2.20. The van der Waals surface area contributed by atoms with Crippen LogP contribution in [0.3, 0.4) is 0 Å². The fraction of sp³-hybridized carbons (Fsp3) is 0.333. The molecule has 1 aliphatic heterocycles. The van der Waals surface area contributed by atoms with Gasteiger partial charge >= 0.3 is 0 Å². The van der Waals surface area contributed by atoms with Crippen LogP contribution in [0.1, 0.15) is 34.6 Å². The van der Waals surface area contributed by atoms with Crippen LogP contribution in [0.25, 0.3) is 0 Å². The Kier molecular flexibility index (Phi) is 3.73. The molecule has 3 heterocycles. The normalized spacial score (nSPS) is 14.5. The van der Waals surface area contributed by atoms with E-state index in [9.17, 15) is 9.59 Å². The first kappa shape index (κ1) is 15.0. The Hall–Kier alpha value is -2.90. The summed E-state index contributed by atoms with van der Waals surface area (Å²) in [7, 11) is 1.83. The first-order valence-corrected chi connectivity index (χ1v) is 7.17. The van der Waals surface area contributed by atoms with Crippen LogP contribution in [0.2, 0.25) is 0 Å². The fourth-order valence-corrected chi connectivity index (χ4v) is 2.50. The standard InChI is InChI=1S/C15H17N5O3/c1-8(11-6-20(3)19-9(11)2)17-14(22)10-4-12-15(16-5-10)23-7-13(21)18-12/h4-6,8H,7H2,1-3H3,(H,17,22)(H,18,21). The first-order valence-electron chi connectivity index (χ1n) is 7.17. The summed E-state index contributed by atoms with van der Waals surface area (Å²) < 4.78 is 6.88. The van der Waals surface area contributed by atoms with E-state index in [-0.39, 0.29) is 24.5 Å². The average Bonchev–Trinajstić information content (AvgIpc) is 2.85. The lowest BCUT2D eigenvalue weighted by Gasteiger charge is -2.18. The van der Waals surface area contributed by atoms with E-state index < -0.39 is 0 Å². The molecule has 8 heteroatoms. The second-order valence-corrected chi connectivity index (χ2v) is 5.45. The minimum absolute atomic E-state index is 0.0666. The zero-order valence-corrected chi connectivity index (χ0v) is 13.1. The summed E-state index contributed by atoms with van der Waals surface area (Å²) in [6.07, 6.45) is 3.30. The minimum Gasteiger partial charge on any atom is -0.466 e. The number of carbonyl (C=O) groups is 2. The first-order chi connectivity index (χ1) is 10.9. The van der Waals surface area contributed by atoms with Crippen LogP contribution in [-0.2, 0) is 11.8 Å². The van der Waals surface area contributed by atoms with Crippen LogP contribution in [0.4, 0.5) is 5.69 Å². The Morgan fingerprint density at radius 3 is 3.00 bits per heavy atom. The molecule has 0 saturated heterocycles. The molecule has 1 unspecified atom stereocenters. The van der Waals surface area contributed by atoms with Gasteiger partial charge in [0.25, 0.3) is 11.8 Å². The van der Waals surface area contributed by atoms with E-state index in [0.29, 0.717) is 17.1 Å². The van der Waals surface area contributed by atoms with Crippen molar-refractivity contribution in [3.8, 4) is 5.88 Å². The molecule has 3 rings (SSSR count). The van der Waals surface area contributed by atoms with Crippen molar-refractivity contribution in [2.24, 2.45) is 7.05 Å². The third-order valence-electron chi connectivity index (χ3n) is 3.59. The van der Waals surface area contributed by atoms with Gasteiger partial charge in [0.15, 0.2) is 6.61 Å². The molecule has 1 atom stereocenters. The Balaban J connectivity index is 1.77. The molecule has 0 fully saturated rings. The topological polar surface area (TPSA) is 98.1 Å². The third-order valence-corrected chi connectivity index (χ3v) is 3.59. The van der Waals surface area contributed by atoms with Crippen LogP contribution < -0.4 is 15.4 Å². The number of aromatic nitrogens is 3. The highest BCUT2D eigenvalue weighted by Crippen LogP contribution is 2.26. The second-order valence-electron chi connectivity index (χ2n) is 5.45. The van der Waals surface area contributed by atoms with E-state index in [0.717, 1.165) is 11.3 Å². The van der Waals surface area contributed by atoms with Crippen molar-refractivity contribution < 1.29 is 14.3 Å². The van der Waals surface area contributed by atoms with Crippen molar-refractivity contribution in [2.75, 3.05) is 11.9 Å². The molecule has 8 nitrogen and oxygen atoms in total. The largest absolute Gasteiger partial charge is 0.466 e. The van der Waals surface area contributed by atoms with Crippen LogP contribution in [0.15, 0.2) is 18.5 Å². The molecule has 0 spiro atoms. The van der Waals surface area contributed by atoms with Gasteiger partial charge in [0.1, 0.15) is 5.69 Å². The number of carbonyl (C=O) groups excluding carboxylic acids is 2. The lowest BCUT2D eigenvalue weighted by atomic mass is 10.1. The molecule has 0 bridgehead atoms. The third kappa shape index (κ3) is 3.01. The Labute approximate surface area is 132 Å². The van der Waals surface area contributed by atoms with Gasteiger partial charge in [0, 0.05) is 25.0 Å². The molecule has 0 aromatic carbocycles. The Bertz CT molecular complexity index is 783. The quantitative estimate of drug-likeness (QED) is 0.878. The molecule has 1 aliphatic rings. The monoisotopic (exact) mass is 315 g/mol. The maximum atomic E-state index is 12.4. The number of aryl methyl sites for hydroxylation is 2. The Morgan fingerprint density at radius 2 is 2.30 bits per heavy atom. The van der Waals surface area contributed by atoms with E-state index in [1.54, 1.807) is 10.7 Å². The van der Waals surface area contributed by atoms with Gasteiger partial charge in [0.2, 0.25) is 5.88 Å². The highest BCUT2D eigenvalue weighted by atomic mass is 16.5. The number of hydrogen-bond donors (Lipinski definition) is 2. The van der Waals surface area contributed by atoms with Crippen LogP contribution in [0, 0.1) is 6.92 Å². The summed E-state index contributed by atoms with van der Waals surface area (Å²) in [5.41, 5.74) is 2.56. The zero-order chi connectivity index (χ0) is 16.6. The van der Waals surface area contributed by atoms with E-state index >= 15 is 0 Å². The number of pyridine rings is 1. The van der Waals surface area contributed by atoms with Crippen molar-refractivity contribution in [1.82, 2.24) is 20.1 Å². The number of rotatable bonds is 3. The number of fused-ring (bicyclic) bond motifs is 1. The van der Waals surface area contributed by atoms with Gasteiger partial charge in [0.05, 0.1) is 17.3 Å². The predicted octanol–water partition coefficient (Wildman–Crippen LogP) is 0.945. The van der Waals surface area contributed by atoms with Gasteiger partial charge in [-0.15, -0.1) is 0 Å². The smallest absolute Gasteiger partial charge is 0.262 e. The molecular weight excluding hydrogens is 298 g/mol. The zero-order valence-electron chi connectivity index (χ0n) is 13.1. The minimum atomic E-state index is -0.282. The van der Waals surface area contributed by atoms with Gasteiger partial charge in [-0.3, -0.25) is 14.3 Å². The lowest BCUT2D eigenvalue weighted by molar-refractivity contribution is -0.118. The van der Waals surface area contributed by atoms with Crippen molar-refractivity contribution >= 4 is 17.5 Å². The fourth-order valence-electron chi connectivity index (χ4n) is 2.50. The molecule has 0 aliphatic carbocycles. The van der Waals surface area contributed by atoms with Crippen LogP contribution >= 0.6 is 0 Å². The van der Waals surface area contributed by atoms with Crippen LogP contribution in [0.5, 0.6) is 5.88 Å². The summed E-state index contributed by atoms with van der Waals surface area (Å²) in [6.45, 7) is 3.72. The maximum absolute atomic E-state index is 12.4. The molecule has 2 N–H and O–H groups in total. The number of nitrogens with one attached hydrogen (secondary N) is 2. The number of anilines is 1. The summed E-state index contributed by atoms with van der Waals surface area (Å²) in [4.78, 5) is 27.8. The maximum Gasteiger partial charge on any atom is 0.262 e. The van der Waals surface area contributed by atoms with Crippen LogP contribution in [-0.4, -0.2) is 33.2 Å². The van der Waals surface area contributed by atoms with Crippen molar-refractivity contribution in [3.63, 3.8) is 0 Å². The second kappa shape index (κ2) is 5.71. The average molecular weight is 315 g/mol. The molecule has 2 amide bonds. The van der Waals surface area contributed by atoms with Gasteiger partial charge in [-0.25, -0.2) is 4.98 Å². The summed E-state index contributed by atoms with van der Waals surface area (Å²) >= 11 is 0. The highest BCUT2D eigenvalue weighted by molar-refractivity contribution is 5.99. The molecule has 0 saturated carbocycles. The van der Waals surface area contributed by atoms with Gasteiger partial charge in [-0.1, -0.05) is 0 Å². The Morgan fingerprint density at radius 1 is 1.52 bits per heavy atom. The molecule has 120 valence electrons. The van der Waals surface area contributed by atoms with Gasteiger partial charge in [-0.05, 0) is 19.9 Å². The number of ether oxygens (including phenoxy) is 1. The number of hydrogen-bond acceptors (Lipinski definition) is 5. The van der Waals surface area contributed by atoms with Crippen molar-refractivity contribution in [1.29, 1.82) is 0 Å². The number of amides is 2. The SMILES string of the molecule is Cc1nn(C)cc1C(C)NC(=O)c1cnc2c(c1)NC(=O)CO2. The summed E-state index contributed by atoms with van der Waals surface area (Å²) in [5, 5.41) is 9.80. The molecular formula is C15H17N5O3. The predicted molar refractivity (Wildman–Crippen MR) is 82.2 cm³/mol. The van der Waals surface area contributed by atoms with E-state index in [2.05, 4.69) is 20.7 Å². The van der Waals surface area contributed by atoms with E-state index in [1.165, 1.54) is 6.20 Å². The number of nitrogens with zero attached hydrogens (tertiary/aromatic N) is 3. The molecule has 2 aromatic heterocycles. The van der Waals surface area contributed by atoms with E-state index in [4.69, 9.17) is 4.74 Å². The van der Waals surface area contributed by atoms with Crippen molar-refractivity contribution in [2.45, 2.75) is 19.9 Å². The summed E-state index contributed by atoms with van der Waals surface area (Å²) in [5.74, 6) is -0.232. The molecule has 0 radical (unpaired) electrons. The lowest BCUT2D eigenvalue weighted by Crippen LogP contribution is -2.29. The van der Waals surface area contributed by atoms with Crippen molar-refractivity contribution in [3.05, 3.63) is 35.3 Å². The molecule has 23 heavy (non-hydrogen) atoms. The van der Waals surface area contributed by atoms with E-state index in [1.807, 2.05) is 27.1 Å². The summed E-state index contributed by atoms with van der Waals surface area (Å²) in [6, 6.07) is 1.36. The van der Waals surface area contributed by atoms with Gasteiger partial charge < -0.3 is 15.4 Å². The van der Waals surface area contributed by atoms with Gasteiger partial charge in [-0.2, -0.15) is 5.10 Å².